The van der Waals surface area contributed by atoms with Gasteiger partial charge in [0, 0.05) is 12.3 Å². The Balaban J connectivity index is 2.40. The molecule has 1 saturated heterocycles. The summed E-state index contributed by atoms with van der Waals surface area (Å²) in [5, 5.41) is 1.41. The minimum Gasteiger partial charge on any atom is -0.382 e. The van der Waals surface area contributed by atoms with Gasteiger partial charge in [-0.05, 0) is 33.1 Å². The molecule has 1 unspecified atom stereocenters. The van der Waals surface area contributed by atoms with Crippen molar-refractivity contribution in [3.63, 3.8) is 0 Å². The van der Waals surface area contributed by atoms with Crippen LogP contribution in [-0.4, -0.2) is 21.9 Å². The topological polar surface area (TPSA) is 65.4 Å². The predicted molar refractivity (Wildman–Crippen MR) is 72.2 cm³/mol. The molecular weight excluding hydrogens is 228 g/mol. The van der Waals surface area contributed by atoms with Crippen LogP contribution >= 0.6 is 0 Å². The van der Waals surface area contributed by atoms with Crippen LogP contribution in [0.25, 0.3) is 12.4 Å². The molecule has 1 fully saturated rings. The molecule has 0 radical (unpaired) electrons. The summed E-state index contributed by atoms with van der Waals surface area (Å²) < 4.78 is 7.66. The minimum absolute atomic E-state index is 0.0343. The van der Waals surface area contributed by atoms with E-state index in [0.717, 1.165) is 30.5 Å². The van der Waals surface area contributed by atoms with E-state index < -0.39 is 0 Å². The lowest BCUT2D eigenvalue weighted by Crippen LogP contribution is -2.35. The summed E-state index contributed by atoms with van der Waals surface area (Å²) >= 11 is 0. The highest BCUT2D eigenvalue weighted by molar-refractivity contribution is 5.82. The summed E-state index contributed by atoms with van der Waals surface area (Å²) in [6.45, 7) is 8.63. The summed E-state index contributed by atoms with van der Waals surface area (Å²) in [6, 6.07) is 0. The van der Waals surface area contributed by atoms with Crippen molar-refractivity contribution < 1.29 is 4.74 Å². The van der Waals surface area contributed by atoms with Gasteiger partial charge in [-0.15, -0.1) is 0 Å². The third kappa shape index (κ3) is 2.61. The Kier molecular flexibility index (Phi) is 3.81. The van der Waals surface area contributed by atoms with E-state index in [4.69, 9.17) is 10.5 Å². The normalized spacial score (nSPS) is 21.6. The van der Waals surface area contributed by atoms with Crippen molar-refractivity contribution in [2.24, 2.45) is 10.7 Å². The molecule has 1 aliphatic heterocycles. The number of aliphatic imine (C=N–C) groups is 1. The van der Waals surface area contributed by atoms with Crippen LogP contribution in [0.2, 0.25) is 0 Å². The Morgan fingerprint density at radius 1 is 1.56 bits per heavy atom. The number of nitrogens with two attached hydrogens (primary N) is 1. The zero-order valence-corrected chi connectivity index (χ0v) is 11.0. The molecule has 1 aromatic heterocycles. The Hall–Kier alpha value is -1.62. The van der Waals surface area contributed by atoms with Gasteiger partial charge in [-0.3, -0.25) is 0 Å². The smallest absolute Gasteiger partial charge is 0.151 e. The predicted octanol–water partition coefficient (Wildman–Crippen LogP) is 0.498. The fourth-order valence-corrected chi connectivity index (χ4v) is 2.09. The van der Waals surface area contributed by atoms with Crippen LogP contribution in [0.4, 0.5) is 0 Å². The second-order valence-electron chi connectivity index (χ2n) is 4.71. The lowest BCUT2D eigenvalue weighted by Gasteiger charge is -2.23. The van der Waals surface area contributed by atoms with Gasteiger partial charge in [-0.25, -0.2) is 9.98 Å². The number of nitrogens with zero attached hydrogens (tertiary/aromatic N) is 3. The first-order valence-corrected chi connectivity index (χ1v) is 6.24. The van der Waals surface area contributed by atoms with Gasteiger partial charge in [-0.1, -0.05) is 6.58 Å². The number of imidazole rings is 1. The van der Waals surface area contributed by atoms with Crippen LogP contribution in [0, 0.1) is 0 Å². The summed E-state index contributed by atoms with van der Waals surface area (Å²) in [5.74, 6) is 0.412. The molecule has 5 heteroatoms. The van der Waals surface area contributed by atoms with E-state index in [1.165, 1.54) is 6.42 Å². The maximum absolute atomic E-state index is 5.91. The fraction of sp³-hybridized carbons (Fsp3) is 0.538. The zero-order chi connectivity index (χ0) is 13.1. The molecule has 2 N–H and O–H groups in total. The average Bonchev–Trinajstić information content (AvgIpc) is 2.71. The zero-order valence-electron chi connectivity index (χ0n) is 11.0. The standard InChI is InChI=1S/C13H20N4O/c1-9(2)16-13(14)12-10(3)17(8-15-12)11-6-4-5-7-18-11/h8,11H,3-7,14H2,1-2H3/b13-12+. The van der Waals surface area contributed by atoms with Gasteiger partial charge in [0.2, 0.25) is 0 Å². The van der Waals surface area contributed by atoms with Crippen molar-refractivity contribution in [3.8, 4) is 0 Å². The molecule has 1 aromatic rings. The largest absolute Gasteiger partial charge is 0.382 e. The Labute approximate surface area is 107 Å². The molecule has 0 aromatic carbocycles. The van der Waals surface area contributed by atoms with E-state index in [2.05, 4.69) is 16.6 Å². The number of rotatable bonds is 2. The number of hydrogen-bond donors (Lipinski definition) is 1. The molecule has 98 valence electrons. The quantitative estimate of drug-likeness (QED) is 0.775. The van der Waals surface area contributed by atoms with Crippen LogP contribution in [0.5, 0.6) is 0 Å². The van der Waals surface area contributed by atoms with Crippen molar-refractivity contribution >= 4 is 18.1 Å². The SMILES string of the molecule is C=c1/c(=C(/N)N=C(C)C)ncn1C1CCCCO1. The fourth-order valence-electron chi connectivity index (χ4n) is 2.09. The molecular formula is C13H20N4O. The van der Waals surface area contributed by atoms with E-state index in [0.29, 0.717) is 11.2 Å². The Morgan fingerprint density at radius 3 is 2.94 bits per heavy atom. The van der Waals surface area contributed by atoms with Gasteiger partial charge in [0.25, 0.3) is 0 Å². The molecule has 0 aliphatic carbocycles. The molecule has 2 rings (SSSR count). The van der Waals surface area contributed by atoms with Crippen LogP contribution in [-0.2, 0) is 4.74 Å². The maximum atomic E-state index is 5.91. The maximum Gasteiger partial charge on any atom is 0.151 e. The molecule has 0 saturated carbocycles. The van der Waals surface area contributed by atoms with E-state index in [1.54, 1.807) is 6.33 Å². The Morgan fingerprint density at radius 2 is 2.33 bits per heavy atom. The van der Waals surface area contributed by atoms with Gasteiger partial charge in [-0.2, -0.15) is 0 Å². The highest BCUT2D eigenvalue weighted by atomic mass is 16.5. The van der Waals surface area contributed by atoms with Crippen molar-refractivity contribution in [1.29, 1.82) is 0 Å². The minimum atomic E-state index is 0.0343. The third-order valence-electron chi connectivity index (χ3n) is 2.95. The number of aromatic nitrogens is 2. The molecule has 2 heterocycles. The summed E-state index contributed by atoms with van der Waals surface area (Å²) in [6.07, 6.45) is 5.06. The third-order valence-corrected chi connectivity index (χ3v) is 2.95. The van der Waals surface area contributed by atoms with E-state index >= 15 is 0 Å². The first kappa shape index (κ1) is 12.8. The molecule has 1 aliphatic rings. The highest BCUT2D eigenvalue weighted by Crippen LogP contribution is 2.19. The second kappa shape index (κ2) is 5.35. The van der Waals surface area contributed by atoms with Crippen molar-refractivity contribution in [2.45, 2.75) is 39.3 Å². The summed E-state index contributed by atoms with van der Waals surface area (Å²) in [5.41, 5.74) is 6.81. The second-order valence-corrected chi connectivity index (χ2v) is 4.71. The summed E-state index contributed by atoms with van der Waals surface area (Å²) in [4.78, 5) is 8.52. The molecule has 18 heavy (non-hydrogen) atoms. The lowest BCUT2D eigenvalue weighted by molar-refractivity contribution is -0.0335. The van der Waals surface area contributed by atoms with E-state index in [9.17, 15) is 0 Å². The number of hydrogen-bond acceptors (Lipinski definition) is 4. The average molecular weight is 248 g/mol. The van der Waals surface area contributed by atoms with E-state index in [1.807, 2.05) is 18.4 Å². The number of ether oxygens (including phenoxy) is 1. The van der Waals surface area contributed by atoms with Gasteiger partial charge >= 0.3 is 0 Å². The Bertz CT molecular complexity index is 548. The van der Waals surface area contributed by atoms with Gasteiger partial charge in [0.05, 0.1) is 11.7 Å². The first-order valence-electron chi connectivity index (χ1n) is 6.24. The van der Waals surface area contributed by atoms with Crippen LogP contribution in [0.15, 0.2) is 11.3 Å². The van der Waals surface area contributed by atoms with E-state index in [-0.39, 0.29) is 6.23 Å². The lowest BCUT2D eigenvalue weighted by atomic mass is 10.2. The molecule has 0 bridgehead atoms. The monoisotopic (exact) mass is 248 g/mol. The van der Waals surface area contributed by atoms with Crippen LogP contribution < -0.4 is 16.4 Å². The summed E-state index contributed by atoms with van der Waals surface area (Å²) in [7, 11) is 0. The van der Waals surface area contributed by atoms with Crippen LogP contribution in [0.3, 0.4) is 0 Å². The van der Waals surface area contributed by atoms with Gasteiger partial charge in [0.15, 0.2) is 5.82 Å². The molecule has 0 spiro atoms. The van der Waals surface area contributed by atoms with Gasteiger partial charge in [0.1, 0.15) is 11.6 Å². The first-order chi connectivity index (χ1) is 8.59. The van der Waals surface area contributed by atoms with Gasteiger partial charge < -0.3 is 15.0 Å². The van der Waals surface area contributed by atoms with Crippen LogP contribution in [0.1, 0.15) is 39.3 Å². The highest BCUT2D eigenvalue weighted by Gasteiger charge is 2.16. The van der Waals surface area contributed by atoms with Crippen molar-refractivity contribution in [3.05, 3.63) is 17.0 Å². The van der Waals surface area contributed by atoms with Crippen molar-refractivity contribution in [1.82, 2.24) is 9.55 Å². The van der Waals surface area contributed by atoms with Crippen molar-refractivity contribution in [2.75, 3.05) is 6.61 Å². The molecule has 0 amide bonds. The molecule has 5 nitrogen and oxygen atoms in total. The molecule has 1 atom stereocenters.